The lowest BCUT2D eigenvalue weighted by Gasteiger charge is -2.09. The van der Waals surface area contributed by atoms with E-state index in [4.69, 9.17) is 10.4 Å². The quantitative estimate of drug-likeness (QED) is 0.711. The van der Waals surface area contributed by atoms with Gasteiger partial charge in [0.1, 0.15) is 12.1 Å². The number of hydrogen-bond donors (Lipinski definition) is 2. The van der Waals surface area contributed by atoms with Gasteiger partial charge in [0.15, 0.2) is 11.5 Å². The number of nitrogens with zero attached hydrogens (tertiary/aromatic N) is 3. The van der Waals surface area contributed by atoms with E-state index in [1.54, 1.807) is 0 Å². The molecule has 1 rings (SSSR count). The van der Waals surface area contributed by atoms with Crippen LogP contribution in [0, 0.1) is 11.3 Å². The molecule has 0 spiro atoms. The van der Waals surface area contributed by atoms with Crippen molar-refractivity contribution in [1.29, 1.82) is 5.26 Å². The fourth-order valence-electron chi connectivity index (χ4n) is 0.792. The topological polar surface area (TPSA) is 98.9 Å². The minimum Gasteiger partial charge on any atom is -0.480 e. The molecule has 1 unspecified atom stereocenters. The average molecular weight is 192 g/mol. The first-order valence-corrected chi connectivity index (χ1v) is 3.85. The van der Waals surface area contributed by atoms with Gasteiger partial charge in [0.25, 0.3) is 0 Å². The molecule has 0 aliphatic carbocycles. The molecular formula is C8H8N4O2. The molecule has 6 heteroatoms. The van der Waals surface area contributed by atoms with E-state index in [2.05, 4.69) is 15.3 Å². The van der Waals surface area contributed by atoms with Crippen LogP contribution in [0.1, 0.15) is 12.6 Å². The van der Waals surface area contributed by atoms with Crippen LogP contribution in [0.2, 0.25) is 0 Å². The van der Waals surface area contributed by atoms with Crippen LogP contribution >= 0.6 is 0 Å². The summed E-state index contributed by atoms with van der Waals surface area (Å²) in [7, 11) is 0. The van der Waals surface area contributed by atoms with Gasteiger partial charge in [-0.1, -0.05) is 0 Å². The van der Waals surface area contributed by atoms with Crippen LogP contribution < -0.4 is 5.32 Å². The second-order valence-corrected chi connectivity index (χ2v) is 2.57. The molecule has 0 amide bonds. The van der Waals surface area contributed by atoms with Crippen molar-refractivity contribution in [1.82, 2.24) is 9.97 Å². The van der Waals surface area contributed by atoms with Gasteiger partial charge < -0.3 is 10.4 Å². The summed E-state index contributed by atoms with van der Waals surface area (Å²) < 4.78 is 0. The van der Waals surface area contributed by atoms with Crippen molar-refractivity contribution >= 4 is 11.8 Å². The standard InChI is InChI=1S/C8H8N4O2/c1-5(8(13)14)12-7-6(4-9)10-2-3-11-7/h2-3,5H,1H3,(H,11,12)(H,13,14). The van der Waals surface area contributed by atoms with Crippen LogP contribution in [0.3, 0.4) is 0 Å². The lowest BCUT2D eigenvalue weighted by Crippen LogP contribution is -2.26. The van der Waals surface area contributed by atoms with Crippen molar-refractivity contribution in [2.45, 2.75) is 13.0 Å². The van der Waals surface area contributed by atoms with Crippen LogP contribution in [-0.4, -0.2) is 27.1 Å². The fraction of sp³-hybridized carbons (Fsp3) is 0.250. The first kappa shape index (κ1) is 9.92. The Labute approximate surface area is 80.2 Å². The average Bonchev–Trinajstić information content (AvgIpc) is 2.18. The largest absolute Gasteiger partial charge is 0.480 e. The number of carboxylic acids is 1. The second-order valence-electron chi connectivity index (χ2n) is 2.57. The maximum Gasteiger partial charge on any atom is 0.325 e. The van der Waals surface area contributed by atoms with Crippen molar-refractivity contribution in [2.24, 2.45) is 0 Å². The lowest BCUT2D eigenvalue weighted by atomic mass is 10.3. The number of carboxylic acid groups (broad SMARTS) is 1. The first-order chi connectivity index (χ1) is 6.65. The van der Waals surface area contributed by atoms with Crippen LogP contribution in [0.4, 0.5) is 5.82 Å². The molecule has 1 aromatic rings. The van der Waals surface area contributed by atoms with Crippen molar-refractivity contribution < 1.29 is 9.90 Å². The summed E-state index contributed by atoms with van der Waals surface area (Å²) in [6.07, 6.45) is 2.76. The van der Waals surface area contributed by atoms with E-state index in [-0.39, 0.29) is 11.5 Å². The summed E-state index contributed by atoms with van der Waals surface area (Å²) in [6, 6.07) is 1.00. The number of nitriles is 1. The Morgan fingerprint density at radius 3 is 2.86 bits per heavy atom. The summed E-state index contributed by atoms with van der Waals surface area (Å²) in [6.45, 7) is 1.46. The first-order valence-electron chi connectivity index (χ1n) is 3.85. The van der Waals surface area contributed by atoms with E-state index in [9.17, 15) is 4.79 Å². The molecule has 6 nitrogen and oxygen atoms in total. The molecule has 14 heavy (non-hydrogen) atoms. The van der Waals surface area contributed by atoms with Gasteiger partial charge in [-0.2, -0.15) is 5.26 Å². The SMILES string of the molecule is CC(Nc1nccnc1C#N)C(=O)O. The zero-order valence-corrected chi connectivity index (χ0v) is 7.43. The number of aromatic nitrogens is 2. The number of aliphatic carboxylic acids is 1. The summed E-state index contributed by atoms with van der Waals surface area (Å²) in [5, 5.41) is 19.8. The van der Waals surface area contributed by atoms with Crippen molar-refractivity contribution in [3.8, 4) is 6.07 Å². The Morgan fingerprint density at radius 1 is 1.64 bits per heavy atom. The second kappa shape index (κ2) is 4.18. The Kier molecular flexibility index (Phi) is 2.97. The molecule has 0 aliphatic heterocycles. The summed E-state index contributed by atoms with van der Waals surface area (Å²) in [5.41, 5.74) is 0.0839. The summed E-state index contributed by atoms with van der Waals surface area (Å²) in [5.74, 6) is -0.829. The highest BCUT2D eigenvalue weighted by Crippen LogP contribution is 2.07. The van der Waals surface area contributed by atoms with Gasteiger partial charge in [-0.15, -0.1) is 0 Å². The minimum atomic E-state index is -1.01. The summed E-state index contributed by atoms with van der Waals surface area (Å²) in [4.78, 5) is 18.1. The van der Waals surface area contributed by atoms with Gasteiger partial charge in [-0.3, -0.25) is 4.79 Å². The normalized spacial score (nSPS) is 11.4. The number of rotatable bonds is 3. The highest BCUT2D eigenvalue weighted by molar-refractivity contribution is 5.76. The Balaban J connectivity index is 2.87. The minimum absolute atomic E-state index is 0.0839. The van der Waals surface area contributed by atoms with Crippen molar-refractivity contribution in [3.05, 3.63) is 18.1 Å². The van der Waals surface area contributed by atoms with E-state index in [1.165, 1.54) is 19.3 Å². The third-order valence-electron chi connectivity index (χ3n) is 1.53. The van der Waals surface area contributed by atoms with Crippen LogP contribution in [0.15, 0.2) is 12.4 Å². The van der Waals surface area contributed by atoms with Gasteiger partial charge in [-0.05, 0) is 6.92 Å². The molecule has 0 saturated carbocycles. The highest BCUT2D eigenvalue weighted by Gasteiger charge is 2.13. The van der Waals surface area contributed by atoms with Crippen LogP contribution in [-0.2, 0) is 4.79 Å². The fourth-order valence-corrected chi connectivity index (χ4v) is 0.792. The number of hydrogen-bond acceptors (Lipinski definition) is 5. The molecule has 72 valence electrons. The predicted molar refractivity (Wildman–Crippen MR) is 47.5 cm³/mol. The van der Waals surface area contributed by atoms with E-state index in [0.717, 1.165) is 0 Å². The third-order valence-corrected chi connectivity index (χ3v) is 1.53. The number of nitrogens with one attached hydrogen (secondary N) is 1. The zero-order chi connectivity index (χ0) is 10.6. The predicted octanol–water partition coefficient (Wildman–Crippen LogP) is 0.233. The van der Waals surface area contributed by atoms with E-state index >= 15 is 0 Å². The molecule has 1 aromatic heterocycles. The molecule has 0 radical (unpaired) electrons. The van der Waals surface area contributed by atoms with Gasteiger partial charge in [0.2, 0.25) is 0 Å². The number of anilines is 1. The van der Waals surface area contributed by atoms with E-state index < -0.39 is 12.0 Å². The van der Waals surface area contributed by atoms with Crippen molar-refractivity contribution in [3.63, 3.8) is 0 Å². The van der Waals surface area contributed by atoms with E-state index in [0.29, 0.717) is 0 Å². The van der Waals surface area contributed by atoms with Gasteiger partial charge in [0, 0.05) is 12.4 Å². The maximum atomic E-state index is 10.5. The molecule has 0 aliphatic rings. The summed E-state index contributed by atoms with van der Waals surface area (Å²) >= 11 is 0. The zero-order valence-electron chi connectivity index (χ0n) is 7.43. The monoisotopic (exact) mass is 192 g/mol. The molecule has 1 atom stereocenters. The molecule has 0 saturated heterocycles. The maximum absolute atomic E-state index is 10.5. The van der Waals surface area contributed by atoms with Gasteiger partial charge >= 0.3 is 5.97 Å². The van der Waals surface area contributed by atoms with Crippen LogP contribution in [0.5, 0.6) is 0 Å². The number of carbonyl (C=O) groups is 1. The van der Waals surface area contributed by atoms with Crippen LogP contribution in [0.25, 0.3) is 0 Å². The molecule has 0 fully saturated rings. The van der Waals surface area contributed by atoms with Crippen molar-refractivity contribution in [2.75, 3.05) is 5.32 Å². The molecular weight excluding hydrogens is 184 g/mol. The van der Waals surface area contributed by atoms with E-state index in [1.807, 2.05) is 6.07 Å². The highest BCUT2D eigenvalue weighted by atomic mass is 16.4. The smallest absolute Gasteiger partial charge is 0.325 e. The molecule has 1 heterocycles. The lowest BCUT2D eigenvalue weighted by molar-refractivity contribution is -0.137. The van der Waals surface area contributed by atoms with Gasteiger partial charge in [0.05, 0.1) is 0 Å². The Hall–Kier alpha value is -2.16. The molecule has 0 bridgehead atoms. The molecule has 2 N–H and O–H groups in total. The Morgan fingerprint density at radius 2 is 2.29 bits per heavy atom. The Bertz CT molecular complexity index is 385. The third kappa shape index (κ3) is 2.17. The van der Waals surface area contributed by atoms with Gasteiger partial charge in [-0.25, -0.2) is 9.97 Å². The molecule has 0 aromatic carbocycles.